The van der Waals surface area contributed by atoms with E-state index in [2.05, 4.69) is 44.9 Å². The van der Waals surface area contributed by atoms with Gasteiger partial charge in [0.05, 0.1) is 12.4 Å². The molecule has 324 valence electrons. The summed E-state index contributed by atoms with van der Waals surface area (Å²) < 4.78 is 6.93. The smallest absolute Gasteiger partial charge is 0.250 e. The molecule has 0 amide bonds. The van der Waals surface area contributed by atoms with E-state index < -0.39 is 0 Å². The van der Waals surface area contributed by atoms with Gasteiger partial charge in [0.15, 0.2) is 11.3 Å². The van der Waals surface area contributed by atoms with Crippen molar-refractivity contribution in [3.63, 3.8) is 0 Å². The molecular weight excluding hydrogens is 773 g/mol. The van der Waals surface area contributed by atoms with Crippen LogP contribution in [0.2, 0.25) is 0 Å². The molecule has 1 aliphatic carbocycles. The third-order valence-corrected chi connectivity index (χ3v) is 12.5. The maximum atomic E-state index is 13.3. The zero-order valence-electron chi connectivity index (χ0n) is 35.8. The van der Waals surface area contributed by atoms with Gasteiger partial charge in [0, 0.05) is 87.1 Å². The first-order valence-corrected chi connectivity index (χ1v) is 22.3. The number of hydrogen-bond acceptors (Lipinski definition) is 13. The highest BCUT2D eigenvalue weighted by molar-refractivity contribution is 5.56. The summed E-state index contributed by atoms with van der Waals surface area (Å²) in [6.07, 6.45) is 19.1. The van der Waals surface area contributed by atoms with E-state index in [1.165, 1.54) is 19.3 Å². The maximum absolute atomic E-state index is 13.3. The van der Waals surface area contributed by atoms with Gasteiger partial charge in [-0.2, -0.15) is 39.2 Å². The fraction of sp³-hybridized carbons (Fsp3) is 0.545. The number of pyridine rings is 2. The molecule has 7 heterocycles. The molecule has 2 aliphatic rings. The van der Waals surface area contributed by atoms with Crippen molar-refractivity contribution >= 4 is 35.1 Å². The number of aliphatic hydroxyl groups is 1. The second-order valence-corrected chi connectivity index (χ2v) is 16.6. The van der Waals surface area contributed by atoms with Crippen LogP contribution < -0.4 is 32.0 Å². The van der Waals surface area contributed by atoms with Crippen LogP contribution in [0.1, 0.15) is 107 Å². The number of nitrogens with one attached hydrogen (secondary N) is 3. The molecule has 0 spiro atoms. The van der Waals surface area contributed by atoms with Gasteiger partial charge in [-0.1, -0.05) is 26.7 Å². The Kier molecular flexibility index (Phi) is 13.2. The monoisotopic (exact) mass is 832 g/mol. The van der Waals surface area contributed by atoms with Gasteiger partial charge in [-0.15, -0.1) is 0 Å². The van der Waals surface area contributed by atoms with Gasteiger partial charge in [0.25, 0.3) is 11.1 Å². The summed E-state index contributed by atoms with van der Waals surface area (Å²) >= 11 is 0. The predicted octanol–water partition coefficient (Wildman–Crippen LogP) is 5.45. The minimum atomic E-state index is -0.0560. The first-order valence-electron chi connectivity index (χ1n) is 22.3. The molecule has 17 heteroatoms. The molecular formula is C44H60N14O3. The number of nitrogens with zero attached hydrogens (tertiary/aromatic N) is 11. The second-order valence-electron chi connectivity index (χ2n) is 16.6. The highest BCUT2D eigenvalue weighted by atomic mass is 16.3. The van der Waals surface area contributed by atoms with E-state index in [1.54, 1.807) is 30.3 Å². The number of hydrogen-bond donors (Lipinski definition) is 4. The minimum Gasteiger partial charge on any atom is -0.396 e. The fourth-order valence-corrected chi connectivity index (χ4v) is 8.82. The summed E-state index contributed by atoms with van der Waals surface area (Å²) in [7, 11) is 0. The van der Waals surface area contributed by atoms with Gasteiger partial charge in [0.1, 0.15) is 0 Å². The maximum Gasteiger partial charge on any atom is 0.250 e. The lowest BCUT2D eigenvalue weighted by molar-refractivity contribution is 0.261. The third kappa shape index (κ3) is 9.56. The molecule has 2 fully saturated rings. The molecule has 0 radical (unpaired) electrons. The van der Waals surface area contributed by atoms with E-state index in [0.29, 0.717) is 68.4 Å². The topological polar surface area (TPSA) is 190 Å². The molecule has 4 N–H and O–H groups in total. The van der Waals surface area contributed by atoms with Gasteiger partial charge in [-0.05, 0) is 100 Å². The van der Waals surface area contributed by atoms with Gasteiger partial charge < -0.3 is 35.1 Å². The van der Waals surface area contributed by atoms with E-state index in [0.717, 1.165) is 91.5 Å². The van der Waals surface area contributed by atoms with Crippen molar-refractivity contribution in [2.75, 3.05) is 34.0 Å². The third-order valence-electron chi connectivity index (χ3n) is 12.5. The number of piperidine rings is 1. The Morgan fingerprint density at radius 1 is 0.770 bits per heavy atom. The standard InChI is InChI=1S/C44H60N14O3/c1-4-33-28-47-57-39(33)51-44(56-20-11-9-14-35(56)18-23-59)53-43(57)46-27-32-17-22-55(38(61)25-32)19-10-8-13-34-29-48-58-40(34)50-41(49-36-15-7-6-12-30(36)3)52-42(58)45-26-31-16-21-54(5-2)37(60)24-31/h16-17,21-22,24-25,28-30,35-36,59H,4-15,18-20,23,26-27H2,1-3H3,(H,46,51,53)(H2,45,49,50,52)/t30-,35+,36+/m1/s1. The predicted molar refractivity (Wildman–Crippen MR) is 237 cm³/mol. The fourth-order valence-electron chi connectivity index (χ4n) is 8.82. The van der Waals surface area contributed by atoms with Crippen LogP contribution in [0, 0.1) is 5.92 Å². The average Bonchev–Trinajstić information content (AvgIpc) is 3.89. The van der Waals surface area contributed by atoms with E-state index in [-0.39, 0.29) is 23.8 Å². The van der Waals surface area contributed by atoms with Crippen LogP contribution in [0.15, 0.2) is 58.6 Å². The SMILES string of the molecule is CCc1cnn2c(NCc3ccn(CCCCc4cnn5c(NCc6ccn(CC)c(=O)c6)nc(N[C@H]6CCCC[C@H]6C)nc45)c(=O)c3)nc(N3CCCC[C@H]3CCO)nc12. The van der Waals surface area contributed by atoms with Crippen LogP contribution >= 0.6 is 0 Å². The van der Waals surface area contributed by atoms with Gasteiger partial charge in [0.2, 0.25) is 23.8 Å². The molecule has 6 aromatic rings. The summed E-state index contributed by atoms with van der Waals surface area (Å²) in [6.45, 7) is 9.34. The molecule has 0 unspecified atom stereocenters. The molecule has 61 heavy (non-hydrogen) atoms. The first kappa shape index (κ1) is 41.9. The van der Waals surface area contributed by atoms with Gasteiger partial charge in [-0.25, -0.2) is 0 Å². The highest BCUT2D eigenvalue weighted by Gasteiger charge is 2.27. The molecule has 8 rings (SSSR count). The molecule has 1 saturated heterocycles. The number of anilines is 4. The molecule has 0 aromatic carbocycles. The van der Waals surface area contributed by atoms with Gasteiger partial charge in [-0.3, -0.25) is 9.59 Å². The average molecular weight is 833 g/mol. The summed E-state index contributed by atoms with van der Waals surface area (Å²) in [5, 5.41) is 29.5. The van der Waals surface area contributed by atoms with Crippen LogP contribution in [0.3, 0.4) is 0 Å². The van der Waals surface area contributed by atoms with Crippen molar-refractivity contribution < 1.29 is 5.11 Å². The first-order chi connectivity index (χ1) is 29.8. The van der Waals surface area contributed by atoms with Crippen LogP contribution in [0.25, 0.3) is 11.3 Å². The Morgan fingerprint density at radius 3 is 2.13 bits per heavy atom. The van der Waals surface area contributed by atoms with Crippen LogP contribution in [-0.4, -0.2) is 78.6 Å². The zero-order valence-corrected chi connectivity index (χ0v) is 35.8. The normalized spacial score (nSPS) is 18.2. The van der Waals surface area contributed by atoms with Crippen LogP contribution in [0.5, 0.6) is 0 Å². The van der Waals surface area contributed by atoms with Crippen molar-refractivity contribution in [3.05, 3.63) is 92.0 Å². The van der Waals surface area contributed by atoms with Crippen molar-refractivity contribution in [2.45, 2.75) is 136 Å². The molecule has 1 saturated carbocycles. The zero-order chi connectivity index (χ0) is 42.3. The summed E-state index contributed by atoms with van der Waals surface area (Å²) in [5.74, 6) is 2.88. The number of aryl methyl sites for hydroxylation is 4. The lowest BCUT2D eigenvalue weighted by Gasteiger charge is -2.35. The van der Waals surface area contributed by atoms with E-state index in [4.69, 9.17) is 19.9 Å². The van der Waals surface area contributed by atoms with E-state index >= 15 is 0 Å². The second kappa shape index (κ2) is 19.3. The Morgan fingerprint density at radius 2 is 1.44 bits per heavy atom. The lowest BCUT2D eigenvalue weighted by Crippen LogP contribution is -2.41. The number of rotatable bonds is 18. The minimum absolute atomic E-state index is 0.0313. The Labute approximate surface area is 355 Å². The Bertz CT molecular complexity index is 2540. The van der Waals surface area contributed by atoms with E-state index in [9.17, 15) is 14.7 Å². The molecule has 17 nitrogen and oxygen atoms in total. The molecule has 3 atom stereocenters. The van der Waals surface area contributed by atoms with E-state index in [1.807, 2.05) is 43.8 Å². The summed E-state index contributed by atoms with van der Waals surface area (Å²) in [5.41, 5.74) is 5.19. The molecule has 6 aromatic heterocycles. The van der Waals surface area contributed by atoms with Crippen molar-refractivity contribution in [1.82, 2.24) is 48.3 Å². The number of fused-ring (bicyclic) bond motifs is 2. The molecule has 1 aliphatic heterocycles. The summed E-state index contributed by atoms with van der Waals surface area (Å²) in [4.78, 5) is 47.8. The number of aromatic nitrogens is 10. The quantitative estimate of drug-likeness (QED) is 0.0802. The number of aliphatic hydroxyl groups excluding tert-OH is 1. The van der Waals surface area contributed by atoms with Crippen molar-refractivity contribution in [2.24, 2.45) is 5.92 Å². The van der Waals surface area contributed by atoms with Gasteiger partial charge >= 0.3 is 0 Å². The van der Waals surface area contributed by atoms with Crippen LogP contribution in [-0.2, 0) is 39.0 Å². The highest BCUT2D eigenvalue weighted by Crippen LogP contribution is 2.28. The van der Waals surface area contributed by atoms with Crippen LogP contribution in [0.4, 0.5) is 23.8 Å². The largest absolute Gasteiger partial charge is 0.396 e. The Hall–Kier alpha value is -5.84. The van der Waals surface area contributed by atoms with Crippen molar-refractivity contribution in [3.8, 4) is 0 Å². The Balaban J connectivity index is 0.922. The molecule has 0 bridgehead atoms. The number of unbranched alkanes of at least 4 members (excludes halogenated alkanes) is 1. The lowest BCUT2D eigenvalue weighted by atomic mass is 9.86. The van der Waals surface area contributed by atoms with Crippen molar-refractivity contribution in [1.29, 1.82) is 0 Å². The summed E-state index contributed by atoms with van der Waals surface area (Å²) in [6, 6.07) is 7.76.